The number of benzene rings is 2. The Bertz CT molecular complexity index is 1330. The maximum atomic E-state index is 12.7. The van der Waals surface area contributed by atoms with E-state index < -0.39 is 30.0 Å². The Morgan fingerprint density at radius 2 is 1.85 bits per heavy atom. The second kappa shape index (κ2) is 9.18. The Hall–Kier alpha value is -4.47. The van der Waals surface area contributed by atoms with Crippen LogP contribution in [-0.4, -0.2) is 33.6 Å². The number of amides is 2. The standard InChI is InChI=1S/C24H23N3O7/c1-13-11-27(2)23(31)21(22(13)30)26-24(32)25-17(10-20(28)29)16-5-3-4-14(8-16)15-6-7-18-19(9-15)34-12-33-18/h3-9,11,17,30H,10,12H2,1-2H3,(H,28,29)(H2,25,26,32). The van der Waals surface area contributed by atoms with Gasteiger partial charge in [-0.3, -0.25) is 9.59 Å². The monoisotopic (exact) mass is 465 g/mol. The minimum absolute atomic E-state index is 0.151. The fourth-order valence-electron chi connectivity index (χ4n) is 3.74. The number of carbonyl (C=O) groups is 2. The Balaban J connectivity index is 1.59. The molecule has 0 saturated carbocycles. The van der Waals surface area contributed by atoms with E-state index in [1.165, 1.54) is 17.8 Å². The molecule has 1 atom stereocenters. The van der Waals surface area contributed by atoms with Crippen molar-refractivity contribution >= 4 is 17.7 Å². The molecule has 0 saturated heterocycles. The van der Waals surface area contributed by atoms with E-state index in [-0.39, 0.29) is 18.2 Å². The van der Waals surface area contributed by atoms with Gasteiger partial charge in [-0.15, -0.1) is 0 Å². The van der Waals surface area contributed by atoms with Gasteiger partial charge in [-0.05, 0) is 41.8 Å². The predicted octanol–water partition coefficient (Wildman–Crippen LogP) is 3.13. The van der Waals surface area contributed by atoms with Crippen LogP contribution in [0.25, 0.3) is 11.1 Å². The van der Waals surface area contributed by atoms with Crippen molar-refractivity contribution in [2.75, 3.05) is 12.1 Å². The number of pyridine rings is 1. The molecule has 34 heavy (non-hydrogen) atoms. The SMILES string of the molecule is Cc1cn(C)c(=O)c(NC(=O)NC(CC(=O)O)c2cccc(-c3ccc4c(c3)OCO4)c2)c1O. The van der Waals surface area contributed by atoms with Crippen LogP contribution in [-0.2, 0) is 11.8 Å². The molecule has 0 bridgehead atoms. The van der Waals surface area contributed by atoms with Gasteiger partial charge in [0.15, 0.2) is 17.2 Å². The van der Waals surface area contributed by atoms with Gasteiger partial charge in [0.05, 0.1) is 12.5 Å². The lowest BCUT2D eigenvalue weighted by Gasteiger charge is -2.19. The Labute approximate surface area is 194 Å². The molecule has 4 rings (SSSR count). The minimum atomic E-state index is -1.12. The summed E-state index contributed by atoms with van der Waals surface area (Å²) < 4.78 is 12.0. The van der Waals surface area contributed by atoms with Crippen molar-refractivity contribution in [3.05, 3.63) is 70.1 Å². The van der Waals surface area contributed by atoms with Gasteiger partial charge in [0.25, 0.3) is 5.56 Å². The molecule has 10 nitrogen and oxygen atoms in total. The molecule has 0 spiro atoms. The fourth-order valence-corrected chi connectivity index (χ4v) is 3.74. The van der Waals surface area contributed by atoms with Gasteiger partial charge < -0.3 is 34.9 Å². The fraction of sp³-hybridized carbons (Fsp3) is 0.208. The molecular weight excluding hydrogens is 442 g/mol. The van der Waals surface area contributed by atoms with Gasteiger partial charge in [0.2, 0.25) is 6.79 Å². The molecule has 176 valence electrons. The number of fused-ring (bicyclic) bond motifs is 1. The first kappa shape index (κ1) is 22.7. The van der Waals surface area contributed by atoms with Gasteiger partial charge in [0.1, 0.15) is 5.75 Å². The van der Waals surface area contributed by atoms with Crippen LogP contribution in [0.15, 0.2) is 53.5 Å². The summed E-state index contributed by atoms with van der Waals surface area (Å²) in [6.07, 6.45) is 1.05. The maximum Gasteiger partial charge on any atom is 0.319 e. The maximum absolute atomic E-state index is 12.7. The van der Waals surface area contributed by atoms with Crippen molar-refractivity contribution in [3.8, 4) is 28.4 Å². The van der Waals surface area contributed by atoms with Crippen molar-refractivity contribution in [1.82, 2.24) is 9.88 Å². The highest BCUT2D eigenvalue weighted by molar-refractivity contribution is 5.91. The van der Waals surface area contributed by atoms with Crippen LogP contribution in [0.2, 0.25) is 0 Å². The van der Waals surface area contributed by atoms with Crippen molar-refractivity contribution in [2.45, 2.75) is 19.4 Å². The molecule has 1 aliphatic heterocycles. The molecule has 2 heterocycles. The molecule has 10 heteroatoms. The molecule has 2 amide bonds. The minimum Gasteiger partial charge on any atom is -0.505 e. The van der Waals surface area contributed by atoms with Gasteiger partial charge in [0, 0.05) is 18.8 Å². The molecule has 3 aromatic rings. The van der Waals surface area contributed by atoms with Crippen LogP contribution in [0.1, 0.15) is 23.6 Å². The number of carboxylic acid groups (broad SMARTS) is 1. The zero-order valence-electron chi connectivity index (χ0n) is 18.5. The number of ether oxygens (including phenoxy) is 2. The topological polar surface area (TPSA) is 139 Å². The van der Waals surface area contributed by atoms with E-state index in [2.05, 4.69) is 10.6 Å². The number of aliphatic carboxylic acids is 1. The second-order valence-electron chi connectivity index (χ2n) is 7.89. The van der Waals surface area contributed by atoms with Gasteiger partial charge >= 0.3 is 12.0 Å². The lowest BCUT2D eigenvalue weighted by atomic mass is 9.97. The molecule has 1 aliphatic rings. The summed E-state index contributed by atoms with van der Waals surface area (Å²) in [5.41, 5.74) is 1.68. The van der Waals surface area contributed by atoms with E-state index in [0.717, 1.165) is 11.1 Å². The van der Waals surface area contributed by atoms with E-state index in [0.29, 0.717) is 22.6 Å². The van der Waals surface area contributed by atoms with Crippen LogP contribution >= 0.6 is 0 Å². The lowest BCUT2D eigenvalue weighted by Crippen LogP contribution is -2.36. The third-order valence-electron chi connectivity index (χ3n) is 5.45. The summed E-state index contributed by atoms with van der Waals surface area (Å²) in [4.78, 5) is 36.5. The average molecular weight is 465 g/mol. The first-order valence-electron chi connectivity index (χ1n) is 10.4. The van der Waals surface area contributed by atoms with Gasteiger partial charge in [-0.2, -0.15) is 0 Å². The Morgan fingerprint density at radius 1 is 1.12 bits per heavy atom. The summed E-state index contributed by atoms with van der Waals surface area (Å²) in [6.45, 7) is 1.74. The molecule has 0 fully saturated rings. The zero-order valence-corrected chi connectivity index (χ0v) is 18.5. The third-order valence-corrected chi connectivity index (χ3v) is 5.45. The van der Waals surface area contributed by atoms with E-state index in [4.69, 9.17) is 9.47 Å². The van der Waals surface area contributed by atoms with Crippen molar-refractivity contribution in [1.29, 1.82) is 0 Å². The highest BCUT2D eigenvalue weighted by Gasteiger charge is 2.21. The number of aryl methyl sites for hydroxylation is 2. The van der Waals surface area contributed by atoms with E-state index >= 15 is 0 Å². The van der Waals surface area contributed by atoms with Gasteiger partial charge in [-0.25, -0.2) is 4.79 Å². The molecule has 0 aliphatic carbocycles. The number of hydrogen-bond acceptors (Lipinski definition) is 6. The van der Waals surface area contributed by atoms with Crippen molar-refractivity contribution < 1.29 is 29.3 Å². The van der Waals surface area contributed by atoms with Crippen LogP contribution in [0.4, 0.5) is 10.5 Å². The molecule has 0 radical (unpaired) electrons. The zero-order chi connectivity index (χ0) is 24.4. The number of hydrogen-bond donors (Lipinski definition) is 4. The number of rotatable bonds is 6. The molecule has 1 aromatic heterocycles. The van der Waals surface area contributed by atoms with E-state index in [1.54, 1.807) is 31.2 Å². The molecule has 4 N–H and O–H groups in total. The first-order chi connectivity index (χ1) is 16.2. The van der Waals surface area contributed by atoms with Crippen molar-refractivity contribution in [3.63, 3.8) is 0 Å². The highest BCUT2D eigenvalue weighted by Crippen LogP contribution is 2.36. The van der Waals surface area contributed by atoms with Crippen LogP contribution in [0.5, 0.6) is 17.2 Å². The molecule has 1 unspecified atom stereocenters. The highest BCUT2D eigenvalue weighted by atomic mass is 16.7. The second-order valence-corrected chi connectivity index (χ2v) is 7.89. The number of carboxylic acids is 1. The molecular formula is C24H23N3O7. The number of aromatic hydroxyl groups is 1. The summed E-state index contributed by atoms with van der Waals surface area (Å²) in [7, 11) is 1.49. The number of nitrogens with zero attached hydrogens (tertiary/aromatic N) is 1. The van der Waals surface area contributed by atoms with Gasteiger partial charge in [-0.1, -0.05) is 24.3 Å². The number of nitrogens with one attached hydrogen (secondary N) is 2. The number of urea groups is 1. The number of aromatic nitrogens is 1. The Morgan fingerprint density at radius 3 is 2.62 bits per heavy atom. The summed E-state index contributed by atoms with van der Waals surface area (Å²) >= 11 is 0. The molecule has 2 aromatic carbocycles. The largest absolute Gasteiger partial charge is 0.505 e. The quantitative estimate of drug-likeness (QED) is 0.439. The lowest BCUT2D eigenvalue weighted by molar-refractivity contribution is -0.137. The van der Waals surface area contributed by atoms with Crippen LogP contribution in [0.3, 0.4) is 0 Å². The third kappa shape index (κ3) is 4.65. The smallest absolute Gasteiger partial charge is 0.319 e. The predicted molar refractivity (Wildman–Crippen MR) is 123 cm³/mol. The summed E-state index contributed by atoms with van der Waals surface area (Å²) in [6, 6.07) is 10.8. The number of anilines is 1. The Kier molecular flexibility index (Phi) is 6.13. The average Bonchev–Trinajstić information content (AvgIpc) is 3.28. The summed E-state index contributed by atoms with van der Waals surface area (Å²) in [5.74, 6) is -0.208. The van der Waals surface area contributed by atoms with E-state index in [9.17, 15) is 24.6 Å². The first-order valence-corrected chi connectivity index (χ1v) is 10.4. The van der Waals surface area contributed by atoms with E-state index in [1.807, 2.05) is 18.2 Å². The number of carbonyl (C=O) groups excluding carboxylic acids is 1. The summed E-state index contributed by atoms with van der Waals surface area (Å²) in [5, 5.41) is 24.6. The van der Waals surface area contributed by atoms with Crippen molar-refractivity contribution in [2.24, 2.45) is 7.05 Å². The van der Waals surface area contributed by atoms with Crippen LogP contribution < -0.4 is 25.7 Å². The van der Waals surface area contributed by atoms with Crippen LogP contribution in [0, 0.1) is 6.92 Å². The normalized spacial score (nSPS) is 12.8.